The molecule has 3 rings (SSSR count). The molecule has 1 atom stereocenters. The van der Waals surface area contributed by atoms with E-state index in [9.17, 15) is 17.6 Å². The van der Waals surface area contributed by atoms with Crippen molar-refractivity contribution >= 4 is 21.6 Å². The number of anilines is 1. The Bertz CT molecular complexity index is 1010. The highest BCUT2D eigenvalue weighted by atomic mass is 32.2. The monoisotopic (exact) mass is 461 g/mol. The lowest BCUT2D eigenvalue weighted by atomic mass is 10.1. The Morgan fingerprint density at radius 1 is 1.09 bits per heavy atom. The molecule has 1 N–H and O–H groups in total. The van der Waals surface area contributed by atoms with Gasteiger partial charge in [0.25, 0.3) is 0 Å². The summed E-state index contributed by atoms with van der Waals surface area (Å²) in [4.78, 5) is 15.4. The third-order valence-corrected chi connectivity index (χ3v) is 6.90. The second kappa shape index (κ2) is 10.9. The molecule has 0 unspecified atom stereocenters. The zero-order valence-corrected chi connectivity index (χ0v) is 19.6. The normalized spacial score (nSPS) is 15.8. The van der Waals surface area contributed by atoms with Gasteiger partial charge in [-0.2, -0.15) is 0 Å². The van der Waals surface area contributed by atoms with Crippen molar-refractivity contribution in [1.82, 2.24) is 10.2 Å². The van der Waals surface area contributed by atoms with Crippen LogP contribution < -0.4 is 9.62 Å². The Kier molecular flexibility index (Phi) is 8.26. The first-order valence-corrected chi connectivity index (χ1v) is 13.0. The number of nitrogens with zero attached hydrogens (tertiary/aromatic N) is 2. The molecule has 6 nitrogen and oxygen atoms in total. The van der Waals surface area contributed by atoms with Gasteiger partial charge in [0.1, 0.15) is 11.9 Å². The maximum absolute atomic E-state index is 13.3. The lowest BCUT2D eigenvalue weighted by Gasteiger charge is -2.30. The molecule has 8 heteroatoms. The molecule has 1 saturated heterocycles. The summed E-state index contributed by atoms with van der Waals surface area (Å²) in [6.07, 6.45) is 5.10. The van der Waals surface area contributed by atoms with Crippen LogP contribution in [0.25, 0.3) is 0 Å². The number of amides is 1. The summed E-state index contributed by atoms with van der Waals surface area (Å²) >= 11 is 0. The van der Waals surface area contributed by atoms with Crippen molar-refractivity contribution in [2.45, 2.75) is 51.7 Å². The number of nitrogens with one attached hydrogen (secondary N) is 1. The van der Waals surface area contributed by atoms with E-state index in [-0.39, 0.29) is 18.0 Å². The van der Waals surface area contributed by atoms with Crippen molar-refractivity contribution in [3.8, 4) is 0 Å². The van der Waals surface area contributed by atoms with Crippen molar-refractivity contribution in [2.24, 2.45) is 0 Å². The van der Waals surface area contributed by atoms with Crippen LogP contribution in [0, 0.1) is 5.82 Å². The van der Waals surface area contributed by atoms with Gasteiger partial charge in [0, 0.05) is 13.1 Å². The number of likely N-dealkylation sites (tertiary alicyclic amines) is 1. The van der Waals surface area contributed by atoms with Crippen molar-refractivity contribution < 1.29 is 17.6 Å². The van der Waals surface area contributed by atoms with Gasteiger partial charge >= 0.3 is 0 Å². The molecule has 0 aliphatic carbocycles. The largest absolute Gasteiger partial charge is 0.350 e. The minimum absolute atomic E-state index is 0.263. The molecule has 1 fully saturated rings. The molecular formula is C24H32FN3O3S. The Morgan fingerprint density at radius 3 is 2.38 bits per heavy atom. The van der Waals surface area contributed by atoms with Crippen molar-refractivity contribution in [3.05, 3.63) is 65.5 Å². The Hall–Kier alpha value is -2.45. The Morgan fingerprint density at radius 2 is 1.75 bits per heavy atom. The van der Waals surface area contributed by atoms with Gasteiger partial charge in [-0.05, 0) is 67.7 Å². The van der Waals surface area contributed by atoms with Crippen LogP contribution in [0.15, 0.2) is 48.5 Å². The summed E-state index contributed by atoms with van der Waals surface area (Å²) in [6.45, 7) is 5.19. The van der Waals surface area contributed by atoms with Gasteiger partial charge in [0.05, 0.1) is 11.9 Å². The van der Waals surface area contributed by atoms with E-state index >= 15 is 0 Å². The van der Waals surface area contributed by atoms with Crippen LogP contribution in [0.1, 0.15) is 43.7 Å². The number of hydrogen-bond acceptors (Lipinski definition) is 4. The fourth-order valence-corrected chi connectivity index (χ4v) is 5.38. The zero-order chi connectivity index (χ0) is 23.1. The molecule has 0 aromatic heterocycles. The summed E-state index contributed by atoms with van der Waals surface area (Å²) in [5.41, 5.74) is 2.43. The molecule has 0 saturated carbocycles. The average molecular weight is 462 g/mol. The molecule has 1 aliphatic heterocycles. The highest BCUT2D eigenvalue weighted by Gasteiger charge is 2.31. The first-order valence-electron chi connectivity index (χ1n) is 11.1. The van der Waals surface area contributed by atoms with Crippen LogP contribution in [0.3, 0.4) is 0 Å². The van der Waals surface area contributed by atoms with E-state index < -0.39 is 21.9 Å². The summed E-state index contributed by atoms with van der Waals surface area (Å²) in [6, 6.07) is 12.3. The van der Waals surface area contributed by atoms with Crippen LogP contribution in [0.5, 0.6) is 0 Å². The predicted octanol–water partition coefficient (Wildman–Crippen LogP) is 3.67. The van der Waals surface area contributed by atoms with E-state index in [1.807, 2.05) is 12.1 Å². The number of sulfonamides is 1. The van der Waals surface area contributed by atoms with E-state index in [2.05, 4.69) is 22.3 Å². The molecule has 2 aromatic carbocycles. The first kappa shape index (κ1) is 24.2. The van der Waals surface area contributed by atoms with E-state index in [1.165, 1.54) is 49.1 Å². The summed E-state index contributed by atoms with van der Waals surface area (Å²) < 4.78 is 39.3. The zero-order valence-electron chi connectivity index (χ0n) is 18.8. The lowest BCUT2D eigenvalue weighted by molar-refractivity contribution is -0.122. The van der Waals surface area contributed by atoms with Crippen LogP contribution in [0.4, 0.5) is 10.1 Å². The molecular weight excluding hydrogens is 429 g/mol. The quantitative estimate of drug-likeness (QED) is 0.619. The number of piperidine rings is 1. The van der Waals surface area contributed by atoms with Crippen molar-refractivity contribution in [1.29, 1.82) is 0 Å². The van der Waals surface area contributed by atoms with Gasteiger partial charge < -0.3 is 5.32 Å². The first-order chi connectivity index (χ1) is 15.3. The minimum atomic E-state index is -3.75. The highest BCUT2D eigenvalue weighted by molar-refractivity contribution is 7.92. The second-order valence-electron chi connectivity index (χ2n) is 8.33. The maximum Gasteiger partial charge on any atom is 0.244 e. The molecule has 1 amide bonds. The van der Waals surface area contributed by atoms with Gasteiger partial charge in [-0.3, -0.25) is 14.0 Å². The molecule has 0 bridgehead atoms. The minimum Gasteiger partial charge on any atom is -0.350 e. The van der Waals surface area contributed by atoms with Gasteiger partial charge in [-0.1, -0.05) is 37.6 Å². The topological polar surface area (TPSA) is 69.7 Å². The Balaban J connectivity index is 1.69. The van der Waals surface area contributed by atoms with Gasteiger partial charge in [-0.15, -0.1) is 0 Å². The number of halogens is 1. The lowest BCUT2D eigenvalue weighted by Crippen LogP contribution is -2.49. The number of rotatable bonds is 9. The Labute approximate surface area is 190 Å². The van der Waals surface area contributed by atoms with Crippen LogP contribution in [0.2, 0.25) is 0 Å². The molecule has 2 aromatic rings. The standard InChI is InChI=1S/C24H32FN3O3S/c1-3-23(28(32(2,30)31)22-12-10-21(25)11-13-22)24(29)26-17-19-8-7-9-20(16-19)18-27-14-5-4-6-15-27/h7-13,16,23H,3-6,14-15,17-18H2,1-2H3,(H,26,29)/t23-/m0/s1. The number of hydrogen-bond donors (Lipinski definition) is 1. The van der Waals surface area contributed by atoms with Crippen LogP contribution in [-0.2, 0) is 27.9 Å². The number of carbonyl (C=O) groups excluding carboxylic acids is 1. The van der Waals surface area contributed by atoms with Crippen molar-refractivity contribution in [3.63, 3.8) is 0 Å². The number of carbonyl (C=O) groups is 1. The predicted molar refractivity (Wildman–Crippen MR) is 125 cm³/mol. The van der Waals surface area contributed by atoms with Crippen LogP contribution >= 0.6 is 0 Å². The SMILES string of the molecule is CC[C@@H](C(=O)NCc1cccc(CN2CCCCC2)c1)N(c1ccc(F)cc1)S(C)(=O)=O. The summed E-state index contributed by atoms with van der Waals surface area (Å²) in [5, 5.41) is 2.88. The molecule has 1 aliphatic rings. The molecule has 32 heavy (non-hydrogen) atoms. The molecule has 174 valence electrons. The number of benzene rings is 2. The van der Waals surface area contributed by atoms with Gasteiger partial charge in [0.2, 0.25) is 15.9 Å². The fourth-order valence-electron chi connectivity index (χ4n) is 4.17. The molecule has 0 radical (unpaired) electrons. The van der Waals surface area contributed by atoms with Crippen LogP contribution in [-0.4, -0.2) is 44.6 Å². The highest BCUT2D eigenvalue weighted by Crippen LogP contribution is 2.23. The second-order valence-corrected chi connectivity index (χ2v) is 10.2. The van der Waals surface area contributed by atoms with E-state index in [0.29, 0.717) is 6.54 Å². The van der Waals surface area contributed by atoms with Crippen molar-refractivity contribution in [2.75, 3.05) is 23.7 Å². The maximum atomic E-state index is 13.3. The van der Waals surface area contributed by atoms with Gasteiger partial charge in [-0.25, -0.2) is 12.8 Å². The van der Waals surface area contributed by atoms with E-state index in [0.717, 1.165) is 35.8 Å². The smallest absolute Gasteiger partial charge is 0.244 e. The van der Waals surface area contributed by atoms with E-state index in [4.69, 9.17) is 0 Å². The average Bonchev–Trinajstić information content (AvgIpc) is 2.77. The fraction of sp³-hybridized carbons (Fsp3) is 0.458. The third kappa shape index (κ3) is 6.53. The molecule has 1 heterocycles. The summed E-state index contributed by atoms with van der Waals surface area (Å²) in [7, 11) is -3.75. The molecule has 0 spiro atoms. The van der Waals surface area contributed by atoms with Gasteiger partial charge in [0.15, 0.2) is 0 Å². The summed E-state index contributed by atoms with van der Waals surface area (Å²) in [5.74, 6) is -0.854. The van der Waals surface area contributed by atoms with E-state index in [1.54, 1.807) is 6.92 Å². The third-order valence-electron chi connectivity index (χ3n) is 5.72.